The average Bonchev–Trinajstić information content (AvgIpc) is 2.84. The fourth-order valence-electron chi connectivity index (χ4n) is 1.87. The zero-order chi connectivity index (χ0) is 11.5. The third kappa shape index (κ3) is 2.04. The van der Waals surface area contributed by atoms with Crippen molar-refractivity contribution in [3.63, 3.8) is 0 Å². The van der Waals surface area contributed by atoms with Gasteiger partial charge in [0.1, 0.15) is 17.3 Å². The Morgan fingerprint density at radius 1 is 1.25 bits per heavy atom. The molecule has 86 valence electrons. The van der Waals surface area contributed by atoms with Crippen LogP contribution in [0.5, 0.6) is 0 Å². The molecule has 0 aromatic carbocycles. The van der Waals surface area contributed by atoms with Crippen LogP contribution >= 0.6 is 0 Å². The fraction of sp³-hybridized carbons (Fsp3) is 0.385. The van der Waals surface area contributed by atoms with Crippen LogP contribution < -0.4 is 5.32 Å². The van der Waals surface area contributed by atoms with Crippen LogP contribution in [0.4, 0.5) is 0 Å². The summed E-state index contributed by atoms with van der Waals surface area (Å²) in [6.45, 7) is 6.89. The third-order valence-corrected chi connectivity index (χ3v) is 2.66. The number of nitrogens with one attached hydrogen (secondary N) is 1. The van der Waals surface area contributed by atoms with Gasteiger partial charge in [-0.1, -0.05) is 6.92 Å². The molecule has 3 heteroatoms. The highest BCUT2D eigenvalue weighted by Crippen LogP contribution is 2.26. The van der Waals surface area contributed by atoms with Crippen LogP contribution in [-0.4, -0.2) is 6.54 Å². The van der Waals surface area contributed by atoms with Gasteiger partial charge in [-0.2, -0.15) is 0 Å². The van der Waals surface area contributed by atoms with Gasteiger partial charge >= 0.3 is 0 Å². The molecule has 16 heavy (non-hydrogen) atoms. The molecule has 1 atom stereocenters. The second-order valence-corrected chi connectivity index (χ2v) is 3.87. The van der Waals surface area contributed by atoms with Gasteiger partial charge in [-0.25, -0.2) is 0 Å². The van der Waals surface area contributed by atoms with Gasteiger partial charge in [-0.3, -0.25) is 0 Å². The molecule has 0 aliphatic heterocycles. The summed E-state index contributed by atoms with van der Waals surface area (Å²) in [5, 5.41) is 3.40. The molecule has 3 nitrogen and oxygen atoms in total. The number of aryl methyl sites for hydroxylation is 2. The minimum atomic E-state index is 0.0810. The van der Waals surface area contributed by atoms with Gasteiger partial charge in [0, 0.05) is 5.56 Å². The van der Waals surface area contributed by atoms with E-state index in [-0.39, 0.29) is 6.04 Å². The summed E-state index contributed by atoms with van der Waals surface area (Å²) in [4.78, 5) is 0. The highest BCUT2D eigenvalue weighted by atomic mass is 16.3. The maximum absolute atomic E-state index is 5.67. The van der Waals surface area contributed by atoms with Crippen molar-refractivity contribution in [3.05, 3.63) is 47.3 Å². The first-order valence-electron chi connectivity index (χ1n) is 5.56. The number of hydrogen-bond donors (Lipinski definition) is 1. The van der Waals surface area contributed by atoms with E-state index in [4.69, 9.17) is 8.83 Å². The van der Waals surface area contributed by atoms with Crippen molar-refractivity contribution in [2.24, 2.45) is 0 Å². The lowest BCUT2D eigenvalue weighted by atomic mass is 10.1. The Hall–Kier alpha value is -1.48. The van der Waals surface area contributed by atoms with Gasteiger partial charge in [0.2, 0.25) is 0 Å². The molecule has 0 amide bonds. The number of rotatable bonds is 4. The SMILES string of the molecule is CCNC(c1ccc(C)o1)c1ccoc1C. The Bertz CT molecular complexity index is 456. The van der Waals surface area contributed by atoms with E-state index in [0.717, 1.165) is 29.4 Å². The van der Waals surface area contributed by atoms with Gasteiger partial charge in [0.15, 0.2) is 0 Å². The fourth-order valence-corrected chi connectivity index (χ4v) is 1.87. The summed E-state index contributed by atoms with van der Waals surface area (Å²) < 4.78 is 11.0. The first-order valence-corrected chi connectivity index (χ1v) is 5.56. The van der Waals surface area contributed by atoms with Gasteiger partial charge in [-0.15, -0.1) is 0 Å². The van der Waals surface area contributed by atoms with E-state index in [1.807, 2.05) is 32.0 Å². The topological polar surface area (TPSA) is 38.3 Å². The predicted octanol–water partition coefficient (Wildman–Crippen LogP) is 3.19. The van der Waals surface area contributed by atoms with E-state index < -0.39 is 0 Å². The van der Waals surface area contributed by atoms with Crippen LogP contribution in [0.2, 0.25) is 0 Å². The van der Waals surface area contributed by atoms with Crippen molar-refractivity contribution in [2.75, 3.05) is 6.54 Å². The summed E-state index contributed by atoms with van der Waals surface area (Å²) in [7, 11) is 0. The Morgan fingerprint density at radius 3 is 2.56 bits per heavy atom. The highest BCUT2D eigenvalue weighted by molar-refractivity contribution is 5.28. The molecule has 2 rings (SSSR count). The van der Waals surface area contributed by atoms with Gasteiger partial charge in [0.05, 0.1) is 12.3 Å². The lowest BCUT2D eigenvalue weighted by molar-refractivity contribution is 0.429. The van der Waals surface area contributed by atoms with Crippen molar-refractivity contribution in [1.82, 2.24) is 5.32 Å². The molecule has 2 aromatic rings. The zero-order valence-electron chi connectivity index (χ0n) is 9.91. The van der Waals surface area contributed by atoms with Crippen LogP contribution in [-0.2, 0) is 0 Å². The molecule has 2 heterocycles. The van der Waals surface area contributed by atoms with Crippen molar-refractivity contribution >= 4 is 0 Å². The van der Waals surface area contributed by atoms with E-state index >= 15 is 0 Å². The molecular weight excluding hydrogens is 202 g/mol. The van der Waals surface area contributed by atoms with Crippen LogP contribution in [0.15, 0.2) is 33.3 Å². The third-order valence-electron chi connectivity index (χ3n) is 2.66. The first kappa shape index (κ1) is 11.0. The quantitative estimate of drug-likeness (QED) is 0.858. The van der Waals surface area contributed by atoms with E-state index in [1.165, 1.54) is 0 Å². The van der Waals surface area contributed by atoms with Gasteiger partial charge < -0.3 is 14.2 Å². The molecule has 0 spiro atoms. The molecule has 0 aliphatic rings. The van der Waals surface area contributed by atoms with Gasteiger partial charge in [0.25, 0.3) is 0 Å². The van der Waals surface area contributed by atoms with E-state index in [9.17, 15) is 0 Å². The van der Waals surface area contributed by atoms with Crippen LogP contribution in [0, 0.1) is 13.8 Å². The molecule has 0 aliphatic carbocycles. The number of hydrogen-bond acceptors (Lipinski definition) is 3. The lowest BCUT2D eigenvalue weighted by Gasteiger charge is -2.14. The molecule has 0 fully saturated rings. The Morgan fingerprint density at radius 2 is 2.06 bits per heavy atom. The van der Waals surface area contributed by atoms with Crippen LogP contribution in [0.1, 0.15) is 35.8 Å². The molecule has 1 N–H and O–H groups in total. The molecule has 0 bridgehead atoms. The second kappa shape index (κ2) is 4.58. The largest absolute Gasteiger partial charge is 0.469 e. The van der Waals surface area contributed by atoms with Crippen molar-refractivity contribution in [3.8, 4) is 0 Å². The van der Waals surface area contributed by atoms with E-state index in [2.05, 4.69) is 12.2 Å². The van der Waals surface area contributed by atoms with Crippen molar-refractivity contribution in [1.29, 1.82) is 0 Å². The predicted molar refractivity (Wildman–Crippen MR) is 62.4 cm³/mol. The smallest absolute Gasteiger partial charge is 0.125 e. The zero-order valence-corrected chi connectivity index (χ0v) is 9.91. The molecular formula is C13H17NO2. The molecule has 2 aromatic heterocycles. The number of furan rings is 2. The maximum Gasteiger partial charge on any atom is 0.125 e. The van der Waals surface area contributed by atoms with E-state index in [1.54, 1.807) is 6.26 Å². The summed E-state index contributed by atoms with van der Waals surface area (Å²) in [6, 6.07) is 6.06. The maximum atomic E-state index is 5.67. The Kier molecular flexibility index (Phi) is 3.15. The summed E-state index contributed by atoms with van der Waals surface area (Å²) in [6.07, 6.45) is 1.71. The Labute approximate surface area is 95.5 Å². The highest BCUT2D eigenvalue weighted by Gasteiger charge is 2.19. The minimum Gasteiger partial charge on any atom is -0.469 e. The summed E-state index contributed by atoms with van der Waals surface area (Å²) >= 11 is 0. The Balaban J connectivity index is 2.34. The molecule has 0 saturated heterocycles. The average molecular weight is 219 g/mol. The second-order valence-electron chi connectivity index (χ2n) is 3.87. The monoisotopic (exact) mass is 219 g/mol. The van der Waals surface area contributed by atoms with E-state index in [0.29, 0.717) is 0 Å². The van der Waals surface area contributed by atoms with Crippen molar-refractivity contribution in [2.45, 2.75) is 26.8 Å². The lowest BCUT2D eigenvalue weighted by Crippen LogP contribution is -2.21. The first-order chi connectivity index (χ1) is 7.72. The normalized spacial score (nSPS) is 12.9. The molecule has 0 radical (unpaired) electrons. The standard InChI is InChI=1S/C13H17NO2/c1-4-14-13(11-7-8-15-10(11)3)12-6-5-9(2)16-12/h5-8,13-14H,4H2,1-3H3. The minimum absolute atomic E-state index is 0.0810. The van der Waals surface area contributed by atoms with Crippen LogP contribution in [0.3, 0.4) is 0 Å². The van der Waals surface area contributed by atoms with Gasteiger partial charge in [-0.05, 0) is 38.6 Å². The molecule has 0 saturated carbocycles. The van der Waals surface area contributed by atoms with Crippen molar-refractivity contribution < 1.29 is 8.83 Å². The summed E-state index contributed by atoms with van der Waals surface area (Å²) in [5.74, 6) is 2.79. The molecule has 1 unspecified atom stereocenters. The summed E-state index contributed by atoms with van der Waals surface area (Å²) in [5.41, 5.74) is 1.14. The van der Waals surface area contributed by atoms with Crippen LogP contribution in [0.25, 0.3) is 0 Å².